The molecule has 1 atom stereocenters. The van der Waals surface area contributed by atoms with Gasteiger partial charge in [0, 0.05) is 18.3 Å². The fourth-order valence-electron chi connectivity index (χ4n) is 3.35. The minimum Gasteiger partial charge on any atom is -0.463 e. The number of urea groups is 1. The van der Waals surface area contributed by atoms with Crippen molar-refractivity contribution in [3.63, 3.8) is 0 Å². The molecule has 2 heterocycles. The number of nitrogens with one attached hydrogen (secondary N) is 2. The van der Waals surface area contributed by atoms with E-state index in [9.17, 15) is 9.59 Å². The molecule has 6 heteroatoms. The van der Waals surface area contributed by atoms with Crippen LogP contribution < -0.4 is 10.6 Å². The number of hydrogen-bond acceptors (Lipinski definition) is 4. The molecule has 1 aromatic rings. The van der Waals surface area contributed by atoms with Crippen LogP contribution in [0.4, 0.5) is 4.79 Å². The summed E-state index contributed by atoms with van der Waals surface area (Å²) in [5.41, 5.74) is 2.43. The molecule has 3 rings (SSSR count). The third-order valence-electron chi connectivity index (χ3n) is 4.49. The van der Waals surface area contributed by atoms with Gasteiger partial charge in [0.15, 0.2) is 0 Å². The molecule has 0 radical (unpaired) electrons. The van der Waals surface area contributed by atoms with Gasteiger partial charge in [0.1, 0.15) is 0 Å². The van der Waals surface area contributed by atoms with Crippen molar-refractivity contribution in [1.29, 1.82) is 0 Å². The van der Waals surface area contributed by atoms with Crippen LogP contribution in [0.1, 0.15) is 31.4 Å². The van der Waals surface area contributed by atoms with Crippen molar-refractivity contribution in [2.75, 3.05) is 26.2 Å². The molecule has 2 amide bonds. The van der Waals surface area contributed by atoms with Gasteiger partial charge in [0.2, 0.25) is 0 Å². The van der Waals surface area contributed by atoms with Crippen molar-refractivity contribution in [3.8, 4) is 0 Å². The number of esters is 1. The summed E-state index contributed by atoms with van der Waals surface area (Å²) in [5.74, 6) is -0.365. The van der Waals surface area contributed by atoms with Crippen LogP contribution in [0.15, 0.2) is 41.6 Å². The zero-order valence-corrected chi connectivity index (χ0v) is 13.9. The Morgan fingerprint density at radius 2 is 2.12 bits per heavy atom. The van der Waals surface area contributed by atoms with Gasteiger partial charge in [-0.3, -0.25) is 4.90 Å². The molecule has 0 saturated carbocycles. The second-order valence-electron chi connectivity index (χ2n) is 6.02. The summed E-state index contributed by atoms with van der Waals surface area (Å²) in [6.45, 7) is 3.80. The molecule has 6 nitrogen and oxygen atoms in total. The standard InChI is InChI=1S/C18H23N3O3/c1-2-24-17(22)14-11-19-18(23)20-15(14)12-21-10-6-9-16(21)13-7-4-3-5-8-13/h3-5,7-8,16H,2,6,9-12H2,1H3,(H2,19,20,23). The summed E-state index contributed by atoms with van der Waals surface area (Å²) in [5, 5.41) is 5.43. The number of likely N-dealkylation sites (tertiary alicyclic amines) is 1. The maximum absolute atomic E-state index is 12.2. The van der Waals surface area contributed by atoms with Gasteiger partial charge in [0.05, 0.1) is 18.7 Å². The lowest BCUT2D eigenvalue weighted by Gasteiger charge is -2.29. The first kappa shape index (κ1) is 16.5. The molecule has 24 heavy (non-hydrogen) atoms. The Morgan fingerprint density at radius 3 is 2.88 bits per heavy atom. The van der Waals surface area contributed by atoms with E-state index in [4.69, 9.17) is 4.74 Å². The zero-order chi connectivity index (χ0) is 16.9. The van der Waals surface area contributed by atoms with Crippen molar-refractivity contribution in [2.45, 2.75) is 25.8 Å². The normalized spacial score (nSPS) is 21.4. The first-order valence-corrected chi connectivity index (χ1v) is 8.42. The lowest BCUT2D eigenvalue weighted by atomic mass is 10.0. The molecule has 128 valence electrons. The molecule has 2 N–H and O–H groups in total. The number of benzene rings is 1. The van der Waals surface area contributed by atoms with E-state index in [0.717, 1.165) is 19.4 Å². The molecule has 0 bridgehead atoms. The highest BCUT2D eigenvalue weighted by Crippen LogP contribution is 2.32. The summed E-state index contributed by atoms with van der Waals surface area (Å²) in [4.78, 5) is 26.2. The van der Waals surface area contributed by atoms with Crippen LogP contribution in [0.2, 0.25) is 0 Å². The van der Waals surface area contributed by atoms with E-state index in [1.807, 2.05) is 18.2 Å². The fraction of sp³-hybridized carbons (Fsp3) is 0.444. The minimum absolute atomic E-state index is 0.212. The molecule has 0 aliphatic carbocycles. The van der Waals surface area contributed by atoms with Crippen molar-refractivity contribution in [2.24, 2.45) is 0 Å². The highest BCUT2D eigenvalue weighted by molar-refractivity contribution is 5.93. The first-order chi connectivity index (χ1) is 11.7. The third kappa shape index (κ3) is 3.59. The lowest BCUT2D eigenvalue weighted by Crippen LogP contribution is -2.46. The molecule has 1 aromatic carbocycles. The summed E-state index contributed by atoms with van der Waals surface area (Å²) in [6.07, 6.45) is 2.19. The summed E-state index contributed by atoms with van der Waals surface area (Å²) in [7, 11) is 0. The van der Waals surface area contributed by atoms with Gasteiger partial charge < -0.3 is 15.4 Å². The van der Waals surface area contributed by atoms with Crippen LogP contribution in [0.5, 0.6) is 0 Å². The second-order valence-corrected chi connectivity index (χ2v) is 6.02. The smallest absolute Gasteiger partial charge is 0.337 e. The van der Waals surface area contributed by atoms with Crippen LogP contribution in [-0.2, 0) is 9.53 Å². The highest BCUT2D eigenvalue weighted by atomic mass is 16.5. The number of hydrogen-bond donors (Lipinski definition) is 2. The Kier molecular flexibility index (Phi) is 5.15. The maximum Gasteiger partial charge on any atom is 0.337 e. The fourth-order valence-corrected chi connectivity index (χ4v) is 3.35. The van der Waals surface area contributed by atoms with Crippen molar-refractivity contribution in [1.82, 2.24) is 15.5 Å². The third-order valence-corrected chi connectivity index (χ3v) is 4.49. The number of amides is 2. The van der Waals surface area contributed by atoms with Crippen molar-refractivity contribution < 1.29 is 14.3 Å². The second kappa shape index (κ2) is 7.49. The van der Waals surface area contributed by atoms with Crippen molar-refractivity contribution >= 4 is 12.0 Å². The summed E-state index contributed by atoms with van der Waals surface area (Å²) < 4.78 is 5.12. The van der Waals surface area contributed by atoms with E-state index < -0.39 is 0 Å². The molecule has 2 aliphatic heterocycles. The topological polar surface area (TPSA) is 70.7 Å². The highest BCUT2D eigenvalue weighted by Gasteiger charge is 2.30. The number of carbonyl (C=O) groups is 2. The van der Waals surface area contributed by atoms with Gasteiger partial charge in [-0.15, -0.1) is 0 Å². The predicted octanol–water partition coefficient (Wildman–Crippen LogP) is 1.95. The molecule has 1 fully saturated rings. The summed E-state index contributed by atoms with van der Waals surface area (Å²) in [6, 6.07) is 10.4. The van der Waals surface area contributed by atoms with E-state index >= 15 is 0 Å². The monoisotopic (exact) mass is 329 g/mol. The zero-order valence-electron chi connectivity index (χ0n) is 13.9. The van der Waals surface area contributed by atoms with Gasteiger partial charge in [-0.25, -0.2) is 9.59 Å². The lowest BCUT2D eigenvalue weighted by molar-refractivity contribution is -0.138. The van der Waals surface area contributed by atoms with Crippen LogP contribution in [0.3, 0.4) is 0 Å². The van der Waals surface area contributed by atoms with Crippen LogP contribution >= 0.6 is 0 Å². The number of carbonyl (C=O) groups excluding carboxylic acids is 2. The average Bonchev–Trinajstić information content (AvgIpc) is 3.04. The largest absolute Gasteiger partial charge is 0.463 e. The molecular formula is C18H23N3O3. The first-order valence-electron chi connectivity index (χ1n) is 8.42. The predicted molar refractivity (Wildman–Crippen MR) is 90.2 cm³/mol. The number of rotatable bonds is 5. The molecule has 2 aliphatic rings. The van der Waals surface area contributed by atoms with Crippen molar-refractivity contribution in [3.05, 3.63) is 47.2 Å². The Balaban J connectivity index is 1.80. The molecule has 1 saturated heterocycles. The number of nitrogens with zero attached hydrogens (tertiary/aromatic N) is 1. The van der Waals surface area contributed by atoms with E-state index in [-0.39, 0.29) is 18.5 Å². The Labute approximate surface area is 141 Å². The van der Waals surface area contributed by atoms with Crippen LogP contribution in [0, 0.1) is 0 Å². The Hall–Kier alpha value is -2.34. The Bertz CT molecular complexity index is 642. The van der Waals surface area contributed by atoms with E-state index in [0.29, 0.717) is 30.5 Å². The molecular weight excluding hydrogens is 306 g/mol. The van der Waals surface area contributed by atoms with Crippen LogP contribution in [-0.4, -0.2) is 43.1 Å². The molecule has 0 spiro atoms. The number of ether oxygens (including phenoxy) is 1. The quantitative estimate of drug-likeness (QED) is 0.810. The van der Waals surface area contributed by atoms with Gasteiger partial charge >= 0.3 is 12.0 Å². The van der Waals surface area contributed by atoms with Gasteiger partial charge in [0.25, 0.3) is 0 Å². The Morgan fingerprint density at radius 1 is 1.33 bits per heavy atom. The average molecular weight is 329 g/mol. The van der Waals surface area contributed by atoms with Crippen LogP contribution in [0.25, 0.3) is 0 Å². The van der Waals surface area contributed by atoms with Gasteiger partial charge in [-0.05, 0) is 31.9 Å². The molecule has 1 unspecified atom stereocenters. The molecule has 0 aromatic heterocycles. The van der Waals surface area contributed by atoms with E-state index in [1.165, 1.54) is 5.56 Å². The minimum atomic E-state index is -0.365. The summed E-state index contributed by atoms with van der Waals surface area (Å²) >= 11 is 0. The van der Waals surface area contributed by atoms with Gasteiger partial charge in [-0.1, -0.05) is 30.3 Å². The van der Waals surface area contributed by atoms with E-state index in [1.54, 1.807) is 6.92 Å². The SMILES string of the molecule is CCOC(=O)C1=C(CN2CCCC2c2ccccc2)NC(=O)NC1. The van der Waals surface area contributed by atoms with Gasteiger partial charge in [-0.2, -0.15) is 0 Å². The maximum atomic E-state index is 12.2. The van der Waals surface area contributed by atoms with E-state index in [2.05, 4.69) is 27.7 Å².